The van der Waals surface area contributed by atoms with Gasteiger partial charge in [0.15, 0.2) is 6.67 Å². The van der Waals surface area contributed by atoms with Crippen LogP contribution in [0.2, 0.25) is 0 Å². The maximum atomic E-state index is 13.2. The van der Waals surface area contributed by atoms with Crippen molar-refractivity contribution in [2.45, 2.75) is 32.4 Å². The summed E-state index contributed by atoms with van der Waals surface area (Å²) in [5, 5.41) is 2.93. The largest absolute Gasteiger partial charge is 0.494 e. The van der Waals surface area contributed by atoms with Crippen molar-refractivity contribution < 1.29 is 19.2 Å². The molecule has 2 aromatic rings. The third-order valence-electron chi connectivity index (χ3n) is 5.14. The molecule has 2 aromatic carbocycles. The molecule has 28 heavy (non-hydrogen) atoms. The van der Waals surface area contributed by atoms with Gasteiger partial charge in [-0.25, -0.2) is 9.69 Å². The summed E-state index contributed by atoms with van der Waals surface area (Å²) in [7, 11) is 1.98. The van der Waals surface area contributed by atoms with E-state index in [0.29, 0.717) is 26.2 Å². The van der Waals surface area contributed by atoms with E-state index in [1.165, 1.54) is 4.90 Å². The van der Waals surface area contributed by atoms with Crippen LogP contribution in [0, 0.1) is 0 Å². The van der Waals surface area contributed by atoms with Gasteiger partial charge in [-0.2, -0.15) is 0 Å². The lowest BCUT2D eigenvalue weighted by Gasteiger charge is -2.26. The molecule has 3 amide bonds. The number of imide groups is 1. The Labute approximate surface area is 166 Å². The van der Waals surface area contributed by atoms with Gasteiger partial charge in [0.1, 0.15) is 17.8 Å². The molecule has 0 aromatic heterocycles. The van der Waals surface area contributed by atoms with Crippen molar-refractivity contribution in [1.29, 1.82) is 0 Å². The molecule has 0 bridgehead atoms. The SMILES string of the molecule is CCOc1ccc(C[NH+](C)CN2C(=O)N[C@@](CC)(c3ccccc3)C2=O)cc1. The third-order valence-corrected chi connectivity index (χ3v) is 5.14. The highest BCUT2D eigenvalue weighted by Gasteiger charge is 2.52. The Bertz CT molecular complexity index is 823. The molecule has 148 valence electrons. The van der Waals surface area contributed by atoms with Gasteiger partial charge in [0, 0.05) is 5.56 Å². The highest BCUT2D eigenvalue weighted by atomic mass is 16.5. The molecule has 1 unspecified atom stereocenters. The number of amides is 3. The fourth-order valence-corrected chi connectivity index (χ4v) is 3.68. The number of nitrogens with one attached hydrogen (secondary N) is 2. The smallest absolute Gasteiger partial charge is 0.329 e. The van der Waals surface area contributed by atoms with Crippen molar-refractivity contribution in [3.63, 3.8) is 0 Å². The first kappa shape index (κ1) is 19.9. The summed E-state index contributed by atoms with van der Waals surface area (Å²) < 4.78 is 5.47. The molecule has 1 aliphatic heterocycles. The molecule has 1 fully saturated rings. The zero-order chi connectivity index (χ0) is 20.1. The van der Waals surface area contributed by atoms with Crippen molar-refractivity contribution >= 4 is 11.9 Å². The maximum Gasteiger partial charge on any atom is 0.329 e. The highest BCUT2D eigenvalue weighted by molar-refractivity contribution is 6.07. The minimum absolute atomic E-state index is 0.183. The van der Waals surface area contributed by atoms with Crippen LogP contribution in [-0.4, -0.2) is 37.2 Å². The van der Waals surface area contributed by atoms with E-state index in [9.17, 15) is 9.59 Å². The Hall–Kier alpha value is -2.86. The second-order valence-corrected chi connectivity index (χ2v) is 7.16. The standard InChI is InChI=1S/C22H27N3O3/c1-4-22(18-9-7-6-8-10-18)20(26)25(21(27)23-22)16-24(3)15-17-11-13-19(14-12-17)28-5-2/h6-14H,4-5,15-16H2,1-3H3,(H,23,27)/p+1/t22-/m0/s1. The highest BCUT2D eigenvalue weighted by Crippen LogP contribution is 2.31. The molecular formula is C22H28N3O3+. The Morgan fingerprint density at radius 2 is 1.71 bits per heavy atom. The summed E-state index contributed by atoms with van der Waals surface area (Å²) >= 11 is 0. The third kappa shape index (κ3) is 3.87. The number of rotatable bonds is 8. The van der Waals surface area contributed by atoms with E-state index >= 15 is 0 Å². The summed E-state index contributed by atoms with van der Waals surface area (Å²) in [4.78, 5) is 28.2. The molecule has 0 saturated carbocycles. The lowest BCUT2D eigenvalue weighted by Crippen LogP contribution is -3.09. The van der Waals surface area contributed by atoms with E-state index in [-0.39, 0.29) is 11.9 Å². The molecule has 0 aliphatic carbocycles. The first-order valence-electron chi connectivity index (χ1n) is 9.72. The minimum Gasteiger partial charge on any atom is -0.494 e. The summed E-state index contributed by atoms with van der Waals surface area (Å²) in [6.07, 6.45) is 0.510. The first-order chi connectivity index (χ1) is 13.5. The molecule has 6 heteroatoms. The van der Waals surface area contributed by atoms with Crippen molar-refractivity contribution in [2.24, 2.45) is 0 Å². The first-order valence-corrected chi connectivity index (χ1v) is 9.72. The van der Waals surface area contributed by atoms with Crippen LogP contribution in [0.4, 0.5) is 4.79 Å². The van der Waals surface area contributed by atoms with E-state index in [1.54, 1.807) is 0 Å². The number of ether oxygens (including phenoxy) is 1. The minimum atomic E-state index is -0.974. The number of hydrogen-bond donors (Lipinski definition) is 2. The van der Waals surface area contributed by atoms with Gasteiger partial charge in [-0.1, -0.05) is 37.3 Å². The number of nitrogens with zero attached hydrogens (tertiary/aromatic N) is 1. The summed E-state index contributed by atoms with van der Waals surface area (Å²) in [6.45, 7) is 5.53. The topological polar surface area (TPSA) is 63.1 Å². The van der Waals surface area contributed by atoms with Crippen LogP contribution >= 0.6 is 0 Å². The van der Waals surface area contributed by atoms with Crippen LogP contribution < -0.4 is 15.0 Å². The lowest BCUT2D eigenvalue weighted by molar-refractivity contribution is -0.901. The number of benzene rings is 2. The molecule has 2 atom stereocenters. The van der Waals surface area contributed by atoms with Gasteiger partial charge in [0.2, 0.25) is 0 Å². The molecule has 6 nitrogen and oxygen atoms in total. The van der Waals surface area contributed by atoms with Gasteiger partial charge in [0.25, 0.3) is 5.91 Å². The molecule has 0 radical (unpaired) electrons. The average Bonchev–Trinajstić information content (AvgIpc) is 2.95. The molecule has 0 spiro atoms. The second-order valence-electron chi connectivity index (χ2n) is 7.16. The Morgan fingerprint density at radius 1 is 1.04 bits per heavy atom. The van der Waals surface area contributed by atoms with Gasteiger partial charge < -0.3 is 15.0 Å². The van der Waals surface area contributed by atoms with E-state index in [4.69, 9.17) is 4.74 Å². The molecule has 1 saturated heterocycles. The lowest BCUT2D eigenvalue weighted by atomic mass is 9.87. The zero-order valence-electron chi connectivity index (χ0n) is 16.7. The number of hydrogen-bond acceptors (Lipinski definition) is 3. The molecule has 2 N–H and O–H groups in total. The fourth-order valence-electron chi connectivity index (χ4n) is 3.68. The Morgan fingerprint density at radius 3 is 2.32 bits per heavy atom. The monoisotopic (exact) mass is 382 g/mol. The Kier molecular flexibility index (Phi) is 5.99. The van der Waals surface area contributed by atoms with Gasteiger partial charge in [-0.15, -0.1) is 0 Å². The van der Waals surface area contributed by atoms with Gasteiger partial charge in [-0.05, 0) is 43.2 Å². The predicted octanol–water partition coefficient (Wildman–Crippen LogP) is 1.91. The van der Waals surface area contributed by atoms with E-state index in [2.05, 4.69) is 5.32 Å². The van der Waals surface area contributed by atoms with Gasteiger partial charge >= 0.3 is 6.03 Å². The molecule has 3 rings (SSSR count). The fraction of sp³-hybridized carbons (Fsp3) is 0.364. The van der Waals surface area contributed by atoms with Crippen LogP contribution in [0.5, 0.6) is 5.75 Å². The summed E-state index contributed by atoms with van der Waals surface area (Å²) in [6, 6.07) is 17.0. The number of carbonyl (C=O) groups is 2. The van der Waals surface area contributed by atoms with Gasteiger partial charge in [-0.3, -0.25) is 4.79 Å². The maximum absolute atomic E-state index is 13.2. The second kappa shape index (κ2) is 8.44. The number of urea groups is 1. The number of carbonyl (C=O) groups excluding carboxylic acids is 2. The van der Waals surface area contributed by atoms with Crippen LogP contribution in [0.1, 0.15) is 31.4 Å². The predicted molar refractivity (Wildman–Crippen MR) is 107 cm³/mol. The van der Waals surface area contributed by atoms with Crippen molar-refractivity contribution in [2.75, 3.05) is 20.3 Å². The average molecular weight is 382 g/mol. The van der Waals surface area contributed by atoms with Crippen LogP contribution in [-0.2, 0) is 16.9 Å². The summed E-state index contributed by atoms with van der Waals surface area (Å²) in [5.41, 5.74) is 0.970. The van der Waals surface area contributed by atoms with E-state index < -0.39 is 5.54 Å². The quantitative estimate of drug-likeness (QED) is 0.686. The van der Waals surface area contributed by atoms with Crippen LogP contribution in [0.15, 0.2) is 54.6 Å². The molecular weight excluding hydrogens is 354 g/mol. The van der Waals surface area contributed by atoms with Crippen LogP contribution in [0.25, 0.3) is 0 Å². The summed E-state index contributed by atoms with van der Waals surface area (Å²) in [5.74, 6) is 0.658. The van der Waals surface area contributed by atoms with Crippen molar-refractivity contribution in [1.82, 2.24) is 10.2 Å². The zero-order valence-corrected chi connectivity index (χ0v) is 16.7. The van der Waals surface area contributed by atoms with Crippen LogP contribution in [0.3, 0.4) is 0 Å². The molecule has 1 aliphatic rings. The van der Waals surface area contributed by atoms with E-state index in [0.717, 1.165) is 21.8 Å². The number of quaternary nitrogens is 1. The Balaban J connectivity index is 1.70. The van der Waals surface area contributed by atoms with Gasteiger partial charge in [0.05, 0.1) is 13.7 Å². The van der Waals surface area contributed by atoms with Crippen molar-refractivity contribution in [3.8, 4) is 5.75 Å². The van der Waals surface area contributed by atoms with E-state index in [1.807, 2.05) is 75.5 Å². The van der Waals surface area contributed by atoms with Crippen molar-refractivity contribution in [3.05, 3.63) is 65.7 Å². The normalized spacial score (nSPS) is 20.2. The molecule has 1 heterocycles.